The summed E-state index contributed by atoms with van der Waals surface area (Å²) in [6.07, 6.45) is 1.32. The highest BCUT2D eigenvalue weighted by atomic mass is 19.4. The zero-order chi connectivity index (χ0) is 25.7. The number of fused-ring (bicyclic) bond motifs is 2. The molecule has 0 unspecified atom stereocenters. The molecule has 2 aromatic heterocycles. The maximum Gasteiger partial charge on any atom is 0.420 e. The molecule has 10 heteroatoms. The zero-order valence-electron chi connectivity index (χ0n) is 21.3. The number of nitrogens with zero attached hydrogens (tertiary/aromatic N) is 5. The van der Waals surface area contributed by atoms with Crippen molar-refractivity contribution in [2.45, 2.75) is 44.8 Å². The summed E-state index contributed by atoms with van der Waals surface area (Å²) in [4.78, 5) is 2.55. The molecule has 0 radical (unpaired) electrons. The first-order valence-electron chi connectivity index (χ1n) is 13.2. The normalized spacial score (nSPS) is 23.7. The Kier molecular flexibility index (Phi) is 6.35. The Morgan fingerprint density at radius 3 is 2.51 bits per heavy atom. The Morgan fingerprint density at radius 2 is 1.81 bits per heavy atom. The molecule has 1 N–H and O–H groups in total. The third kappa shape index (κ3) is 4.93. The summed E-state index contributed by atoms with van der Waals surface area (Å²) in [5.74, 6) is 1.58. The van der Waals surface area contributed by atoms with Crippen LogP contribution in [0.2, 0.25) is 0 Å². The van der Waals surface area contributed by atoms with Crippen molar-refractivity contribution in [3.05, 3.63) is 35.5 Å². The Morgan fingerprint density at radius 1 is 1.08 bits per heavy atom. The lowest BCUT2D eigenvalue weighted by Crippen LogP contribution is -2.32. The quantitative estimate of drug-likeness (QED) is 0.522. The van der Waals surface area contributed by atoms with E-state index in [1.54, 1.807) is 16.8 Å². The molecule has 0 spiro atoms. The fourth-order valence-electron chi connectivity index (χ4n) is 6.62. The molecule has 2 aliphatic heterocycles. The first-order valence-corrected chi connectivity index (χ1v) is 13.2. The molecular weight excluding hydrogens is 481 g/mol. The molecule has 1 aliphatic carbocycles. The van der Waals surface area contributed by atoms with Crippen LogP contribution >= 0.6 is 0 Å². The second-order valence-electron chi connectivity index (χ2n) is 11.1. The Bertz CT molecular complexity index is 1270. The molecule has 3 aliphatic rings. The molecule has 1 saturated carbocycles. The van der Waals surface area contributed by atoms with Crippen LogP contribution in [0.5, 0.6) is 0 Å². The third-order valence-electron chi connectivity index (χ3n) is 8.47. The highest BCUT2D eigenvalue weighted by Gasteiger charge is 2.43. The van der Waals surface area contributed by atoms with Crippen molar-refractivity contribution in [1.29, 1.82) is 0 Å². The SMILES string of the molecule is Cc1c(-c2cc(C(F)(F)F)c(NC3C[C@@H]4CN(CC5CCOCC5)C[C@H]4C3)nn2)ccc2nn(C)cc12. The average Bonchev–Trinajstić information content (AvgIpc) is 3.52. The fourth-order valence-corrected chi connectivity index (χ4v) is 6.62. The Labute approximate surface area is 214 Å². The molecule has 198 valence electrons. The van der Waals surface area contributed by atoms with Gasteiger partial charge >= 0.3 is 6.18 Å². The summed E-state index contributed by atoms with van der Waals surface area (Å²) < 4.78 is 49.6. The van der Waals surface area contributed by atoms with Gasteiger partial charge in [0.25, 0.3) is 0 Å². The summed E-state index contributed by atoms with van der Waals surface area (Å²) in [6, 6.07) is 4.69. The van der Waals surface area contributed by atoms with Gasteiger partial charge in [-0.15, -0.1) is 10.2 Å². The summed E-state index contributed by atoms with van der Waals surface area (Å²) in [6.45, 7) is 6.78. The van der Waals surface area contributed by atoms with Crippen molar-refractivity contribution in [2.24, 2.45) is 24.8 Å². The molecule has 0 bridgehead atoms. The van der Waals surface area contributed by atoms with Crippen molar-refractivity contribution in [3.8, 4) is 11.3 Å². The van der Waals surface area contributed by atoms with Crippen molar-refractivity contribution in [2.75, 3.05) is 38.2 Å². The number of nitrogens with one attached hydrogen (secondary N) is 1. The van der Waals surface area contributed by atoms with Crippen LogP contribution < -0.4 is 5.32 Å². The van der Waals surface area contributed by atoms with Gasteiger partial charge in [-0.05, 0) is 68.1 Å². The van der Waals surface area contributed by atoms with E-state index < -0.39 is 11.7 Å². The summed E-state index contributed by atoms with van der Waals surface area (Å²) >= 11 is 0. The number of rotatable bonds is 5. The summed E-state index contributed by atoms with van der Waals surface area (Å²) in [7, 11) is 1.82. The van der Waals surface area contributed by atoms with E-state index in [0.29, 0.717) is 23.3 Å². The monoisotopic (exact) mass is 514 g/mol. The molecule has 7 nitrogen and oxygen atoms in total. The van der Waals surface area contributed by atoms with E-state index in [0.717, 1.165) is 81.1 Å². The number of aromatic nitrogens is 4. The maximum atomic E-state index is 14.1. The van der Waals surface area contributed by atoms with E-state index in [4.69, 9.17) is 4.74 Å². The van der Waals surface area contributed by atoms with E-state index in [9.17, 15) is 13.2 Å². The number of halogens is 3. The van der Waals surface area contributed by atoms with Crippen LogP contribution in [-0.2, 0) is 18.0 Å². The molecule has 37 heavy (non-hydrogen) atoms. The second-order valence-corrected chi connectivity index (χ2v) is 11.1. The smallest absolute Gasteiger partial charge is 0.381 e. The van der Waals surface area contributed by atoms with Gasteiger partial charge in [-0.3, -0.25) is 4.68 Å². The van der Waals surface area contributed by atoms with Gasteiger partial charge in [0.2, 0.25) is 0 Å². The van der Waals surface area contributed by atoms with E-state index in [2.05, 4.69) is 25.5 Å². The number of anilines is 1. The lowest BCUT2D eigenvalue weighted by atomic mass is 10.00. The van der Waals surface area contributed by atoms with Crippen LogP contribution in [0.1, 0.15) is 36.8 Å². The average molecular weight is 515 g/mol. The van der Waals surface area contributed by atoms with Gasteiger partial charge in [0, 0.05) is 63.1 Å². The van der Waals surface area contributed by atoms with Gasteiger partial charge in [-0.2, -0.15) is 18.3 Å². The van der Waals surface area contributed by atoms with Gasteiger partial charge in [0.15, 0.2) is 5.82 Å². The van der Waals surface area contributed by atoms with E-state index in [1.165, 1.54) is 0 Å². The van der Waals surface area contributed by atoms with Gasteiger partial charge in [-0.1, -0.05) is 6.07 Å². The second kappa shape index (κ2) is 9.54. The Balaban J connectivity index is 1.17. The van der Waals surface area contributed by atoms with Crippen molar-refractivity contribution < 1.29 is 17.9 Å². The lowest BCUT2D eigenvalue weighted by molar-refractivity contribution is -0.137. The first kappa shape index (κ1) is 24.6. The molecular formula is C27H33F3N6O. The van der Waals surface area contributed by atoms with E-state index in [-0.39, 0.29) is 17.6 Å². The zero-order valence-corrected chi connectivity index (χ0v) is 21.3. The van der Waals surface area contributed by atoms with Crippen LogP contribution in [-0.4, -0.2) is 63.8 Å². The Hall–Kier alpha value is -2.72. The molecule has 3 fully saturated rings. The predicted octanol–water partition coefficient (Wildman–Crippen LogP) is 4.91. The highest BCUT2D eigenvalue weighted by Crippen LogP contribution is 2.42. The van der Waals surface area contributed by atoms with Gasteiger partial charge in [0.05, 0.1) is 11.2 Å². The van der Waals surface area contributed by atoms with Crippen LogP contribution in [0.15, 0.2) is 24.4 Å². The van der Waals surface area contributed by atoms with Gasteiger partial charge in [0.1, 0.15) is 5.56 Å². The predicted molar refractivity (Wildman–Crippen MR) is 135 cm³/mol. The van der Waals surface area contributed by atoms with E-state index in [1.807, 2.05) is 20.2 Å². The van der Waals surface area contributed by atoms with Crippen LogP contribution in [0.25, 0.3) is 22.2 Å². The number of hydrogen-bond acceptors (Lipinski definition) is 6. The maximum absolute atomic E-state index is 14.1. The largest absolute Gasteiger partial charge is 0.420 e. The van der Waals surface area contributed by atoms with E-state index >= 15 is 0 Å². The number of alkyl halides is 3. The summed E-state index contributed by atoms with van der Waals surface area (Å²) in [5.41, 5.74) is 1.71. The van der Waals surface area contributed by atoms with Gasteiger partial charge < -0.3 is 15.0 Å². The highest BCUT2D eigenvalue weighted by molar-refractivity contribution is 5.88. The number of aryl methyl sites for hydroxylation is 2. The lowest BCUT2D eigenvalue weighted by Gasteiger charge is -2.28. The number of likely N-dealkylation sites (tertiary alicyclic amines) is 1. The van der Waals surface area contributed by atoms with Crippen molar-refractivity contribution in [1.82, 2.24) is 24.9 Å². The topological polar surface area (TPSA) is 68.1 Å². The molecule has 2 atom stereocenters. The third-order valence-corrected chi connectivity index (χ3v) is 8.47. The number of benzene rings is 1. The minimum absolute atomic E-state index is 0.0186. The van der Waals surface area contributed by atoms with Crippen molar-refractivity contribution in [3.63, 3.8) is 0 Å². The molecule has 1 aromatic carbocycles. The van der Waals surface area contributed by atoms with Crippen LogP contribution in [0, 0.1) is 24.7 Å². The molecule has 3 aromatic rings. The molecule has 6 rings (SSSR count). The molecule has 0 amide bonds. The van der Waals surface area contributed by atoms with Crippen LogP contribution in [0.4, 0.5) is 19.0 Å². The van der Waals surface area contributed by atoms with Crippen LogP contribution in [0.3, 0.4) is 0 Å². The number of hydrogen-bond donors (Lipinski definition) is 1. The minimum atomic E-state index is -4.53. The van der Waals surface area contributed by atoms with Gasteiger partial charge in [-0.25, -0.2) is 0 Å². The first-order chi connectivity index (χ1) is 17.7. The minimum Gasteiger partial charge on any atom is -0.381 e. The molecule has 2 saturated heterocycles. The summed E-state index contributed by atoms with van der Waals surface area (Å²) in [5, 5.41) is 16.7. The standard InChI is InChI=1S/C27H33F3N6O/c1-16-21(3-4-24-22(16)15-35(2)34-24)25-11-23(27(28,29)30)26(33-32-25)31-20-9-18-13-36(14-19(18)10-20)12-17-5-7-37-8-6-17/h3-4,11,15,17-20H,5-10,12-14H2,1-2H3,(H,31,33)/t18-,19-/m1/s1. The van der Waals surface area contributed by atoms with Crippen molar-refractivity contribution >= 4 is 16.7 Å². The molecule has 4 heterocycles. The fraction of sp³-hybridized carbons (Fsp3) is 0.593. The number of ether oxygens (including phenoxy) is 1.